The number of hydrogen-bond donors (Lipinski definition) is 1. The highest BCUT2D eigenvalue weighted by atomic mass is 35.5. The maximum atomic E-state index is 12.5. The number of methoxy groups -OCH3 is 1. The SMILES string of the molecule is COc1cccc(/C=N/NC(=O)c2ccccc2OCc2ccc(Cl)cc2)c1. The second kappa shape index (κ2) is 9.58. The van der Waals surface area contributed by atoms with E-state index in [1.807, 2.05) is 42.5 Å². The van der Waals surface area contributed by atoms with Crippen LogP contribution in [0, 0.1) is 0 Å². The zero-order chi connectivity index (χ0) is 19.8. The van der Waals surface area contributed by atoms with Crippen molar-refractivity contribution in [2.24, 2.45) is 5.10 Å². The Bertz CT molecular complexity index is 972. The molecule has 3 rings (SSSR count). The van der Waals surface area contributed by atoms with Crippen LogP contribution in [0.3, 0.4) is 0 Å². The molecular weight excluding hydrogens is 376 g/mol. The van der Waals surface area contributed by atoms with E-state index in [1.54, 1.807) is 43.7 Å². The summed E-state index contributed by atoms with van der Waals surface area (Å²) in [7, 11) is 1.60. The zero-order valence-corrected chi connectivity index (χ0v) is 16.0. The number of nitrogens with one attached hydrogen (secondary N) is 1. The summed E-state index contributed by atoms with van der Waals surface area (Å²) >= 11 is 5.89. The normalized spacial score (nSPS) is 10.6. The number of nitrogens with zero attached hydrogens (tertiary/aromatic N) is 1. The lowest BCUT2D eigenvalue weighted by Gasteiger charge is -2.10. The molecule has 6 heteroatoms. The third kappa shape index (κ3) is 5.34. The van der Waals surface area contributed by atoms with Crippen molar-refractivity contribution in [3.8, 4) is 11.5 Å². The minimum Gasteiger partial charge on any atom is -0.497 e. The predicted molar refractivity (Wildman–Crippen MR) is 110 cm³/mol. The molecule has 0 aromatic heterocycles. The van der Waals surface area contributed by atoms with Crippen molar-refractivity contribution in [3.05, 3.63) is 94.5 Å². The van der Waals surface area contributed by atoms with E-state index in [9.17, 15) is 4.79 Å². The quantitative estimate of drug-likeness (QED) is 0.467. The first-order valence-corrected chi connectivity index (χ1v) is 8.97. The molecule has 0 saturated heterocycles. The van der Waals surface area contributed by atoms with Crippen molar-refractivity contribution in [2.75, 3.05) is 7.11 Å². The average molecular weight is 395 g/mol. The van der Waals surface area contributed by atoms with E-state index in [1.165, 1.54) is 0 Å². The number of rotatable bonds is 7. The van der Waals surface area contributed by atoms with Gasteiger partial charge in [0.15, 0.2) is 0 Å². The molecule has 0 fully saturated rings. The molecule has 0 bridgehead atoms. The lowest BCUT2D eigenvalue weighted by atomic mass is 10.2. The molecule has 1 amide bonds. The van der Waals surface area contributed by atoms with Crippen LogP contribution in [0.1, 0.15) is 21.5 Å². The second-order valence-corrected chi connectivity index (χ2v) is 6.32. The highest BCUT2D eigenvalue weighted by Gasteiger charge is 2.11. The average Bonchev–Trinajstić information content (AvgIpc) is 2.73. The van der Waals surface area contributed by atoms with Crippen molar-refractivity contribution in [1.82, 2.24) is 5.43 Å². The second-order valence-electron chi connectivity index (χ2n) is 5.89. The number of carbonyl (C=O) groups excluding carboxylic acids is 1. The fraction of sp³-hybridized carbons (Fsp3) is 0.0909. The summed E-state index contributed by atoms with van der Waals surface area (Å²) in [4.78, 5) is 12.5. The molecule has 28 heavy (non-hydrogen) atoms. The largest absolute Gasteiger partial charge is 0.497 e. The summed E-state index contributed by atoms with van der Waals surface area (Å²) in [6.45, 7) is 0.328. The van der Waals surface area contributed by atoms with Crippen LogP contribution in [-0.4, -0.2) is 19.2 Å². The number of ether oxygens (including phenoxy) is 2. The third-order valence-electron chi connectivity index (χ3n) is 3.91. The Hall–Kier alpha value is -3.31. The van der Waals surface area contributed by atoms with Gasteiger partial charge in [-0.1, -0.05) is 48.0 Å². The van der Waals surface area contributed by atoms with Gasteiger partial charge in [0.1, 0.15) is 18.1 Å². The number of amides is 1. The van der Waals surface area contributed by atoms with Gasteiger partial charge >= 0.3 is 0 Å². The minimum atomic E-state index is -0.356. The fourth-order valence-corrected chi connectivity index (χ4v) is 2.60. The van der Waals surface area contributed by atoms with Crippen molar-refractivity contribution in [3.63, 3.8) is 0 Å². The van der Waals surface area contributed by atoms with Crippen molar-refractivity contribution < 1.29 is 14.3 Å². The molecule has 0 aliphatic carbocycles. The fourth-order valence-electron chi connectivity index (χ4n) is 2.47. The minimum absolute atomic E-state index is 0.328. The number of halogens is 1. The number of benzene rings is 3. The van der Waals surface area contributed by atoms with Gasteiger partial charge in [-0.15, -0.1) is 0 Å². The monoisotopic (exact) mass is 394 g/mol. The highest BCUT2D eigenvalue weighted by molar-refractivity contribution is 6.30. The number of para-hydroxylation sites is 1. The van der Waals surface area contributed by atoms with E-state index < -0.39 is 0 Å². The number of hydrazone groups is 1. The van der Waals surface area contributed by atoms with Gasteiger partial charge in [0.05, 0.1) is 18.9 Å². The molecule has 0 atom stereocenters. The number of hydrogen-bond acceptors (Lipinski definition) is 4. The van der Waals surface area contributed by atoms with Gasteiger partial charge in [-0.05, 0) is 47.5 Å². The van der Waals surface area contributed by atoms with E-state index >= 15 is 0 Å². The summed E-state index contributed by atoms with van der Waals surface area (Å²) < 4.78 is 11.0. The van der Waals surface area contributed by atoms with Gasteiger partial charge in [-0.3, -0.25) is 4.79 Å². The smallest absolute Gasteiger partial charge is 0.275 e. The number of carbonyl (C=O) groups is 1. The van der Waals surface area contributed by atoms with E-state index in [4.69, 9.17) is 21.1 Å². The van der Waals surface area contributed by atoms with Crippen LogP contribution in [-0.2, 0) is 6.61 Å². The van der Waals surface area contributed by atoms with Crippen LogP contribution >= 0.6 is 11.6 Å². The van der Waals surface area contributed by atoms with Gasteiger partial charge < -0.3 is 9.47 Å². The summed E-state index contributed by atoms with van der Waals surface area (Å²) in [5.74, 6) is 0.841. The van der Waals surface area contributed by atoms with Crippen LogP contribution in [0.2, 0.25) is 5.02 Å². The van der Waals surface area contributed by atoms with Gasteiger partial charge in [-0.25, -0.2) is 5.43 Å². The first-order valence-electron chi connectivity index (χ1n) is 8.59. The lowest BCUT2D eigenvalue weighted by molar-refractivity contribution is 0.0950. The summed E-state index contributed by atoms with van der Waals surface area (Å²) in [6, 6.07) is 21.7. The Morgan fingerprint density at radius 3 is 2.64 bits per heavy atom. The van der Waals surface area contributed by atoms with Crippen LogP contribution in [0.5, 0.6) is 11.5 Å². The van der Waals surface area contributed by atoms with Gasteiger partial charge in [0, 0.05) is 5.02 Å². The van der Waals surface area contributed by atoms with E-state index in [0.717, 1.165) is 16.9 Å². The summed E-state index contributed by atoms with van der Waals surface area (Å²) in [6.07, 6.45) is 1.55. The molecule has 0 radical (unpaired) electrons. The van der Waals surface area contributed by atoms with E-state index in [2.05, 4.69) is 10.5 Å². The van der Waals surface area contributed by atoms with Crippen molar-refractivity contribution in [1.29, 1.82) is 0 Å². The van der Waals surface area contributed by atoms with Gasteiger partial charge in [-0.2, -0.15) is 5.10 Å². The van der Waals surface area contributed by atoms with Crippen LogP contribution in [0.4, 0.5) is 0 Å². The van der Waals surface area contributed by atoms with Crippen molar-refractivity contribution in [2.45, 2.75) is 6.61 Å². The van der Waals surface area contributed by atoms with Gasteiger partial charge in [0.25, 0.3) is 5.91 Å². The van der Waals surface area contributed by atoms with Crippen LogP contribution < -0.4 is 14.9 Å². The zero-order valence-electron chi connectivity index (χ0n) is 15.3. The molecule has 3 aromatic carbocycles. The Morgan fingerprint density at radius 1 is 1.07 bits per heavy atom. The van der Waals surface area contributed by atoms with E-state index in [-0.39, 0.29) is 5.91 Å². The maximum Gasteiger partial charge on any atom is 0.275 e. The van der Waals surface area contributed by atoms with Crippen molar-refractivity contribution >= 4 is 23.7 Å². The van der Waals surface area contributed by atoms with Gasteiger partial charge in [0.2, 0.25) is 0 Å². The van der Waals surface area contributed by atoms with E-state index in [0.29, 0.717) is 22.9 Å². The first-order chi connectivity index (χ1) is 13.7. The van der Waals surface area contributed by atoms with Crippen LogP contribution in [0.15, 0.2) is 77.9 Å². The predicted octanol–water partition coefficient (Wildman–Crippen LogP) is 4.69. The maximum absolute atomic E-state index is 12.5. The van der Waals surface area contributed by atoms with Crippen LogP contribution in [0.25, 0.3) is 0 Å². The lowest BCUT2D eigenvalue weighted by Crippen LogP contribution is -2.18. The topological polar surface area (TPSA) is 59.9 Å². The molecule has 3 aromatic rings. The Labute approximate surface area is 168 Å². The molecule has 0 spiro atoms. The Morgan fingerprint density at radius 2 is 1.86 bits per heavy atom. The molecule has 0 saturated carbocycles. The Kier molecular flexibility index (Phi) is 6.65. The standard InChI is InChI=1S/C22H19ClN2O3/c1-27-19-6-4-5-17(13-19)14-24-25-22(26)20-7-2-3-8-21(20)28-15-16-9-11-18(23)12-10-16/h2-14H,15H2,1H3,(H,25,26)/b24-14+. The highest BCUT2D eigenvalue weighted by Crippen LogP contribution is 2.20. The summed E-state index contributed by atoms with van der Waals surface area (Å²) in [5, 5.41) is 4.68. The Balaban J connectivity index is 1.64. The molecule has 0 unspecified atom stereocenters. The third-order valence-corrected chi connectivity index (χ3v) is 4.16. The first kappa shape index (κ1) is 19.5. The molecule has 5 nitrogen and oxygen atoms in total. The molecule has 1 N–H and O–H groups in total. The molecule has 0 aliphatic heterocycles. The molecule has 142 valence electrons. The molecule has 0 aliphatic rings. The molecular formula is C22H19ClN2O3. The summed E-state index contributed by atoms with van der Waals surface area (Å²) in [5.41, 5.74) is 4.69. The molecule has 0 heterocycles.